The van der Waals surface area contributed by atoms with Crippen LogP contribution >= 0.6 is 15.9 Å². The van der Waals surface area contributed by atoms with Crippen molar-refractivity contribution in [3.05, 3.63) is 42.5 Å². The van der Waals surface area contributed by atoms with E-state index in [0.29, 0.717) is 13.2 Å². The highest BCUT2D eigenvalue weighted by molar-refractivity contribution is 9.09. The van der Waals surface area contributed by atoms with Gasteiger partial charge in [0.2, 0.25) is 0 Å². The minimum atomic E-state index is -0.226. The lowest BCUT2D eigenvalue weighted by Crippen LogP contribution is -2.13. The summed E-state index contributed by atoms with van der Waals surface area (Å²) in [6.07, 6.45) is 3.35. The summed E-state index contributed by atoms with van der Waals surface area (Å²) in [5, 5.41) is 3.29. The number of aromatic nitrogens is 1. The second-order valence-corrected chi connectivity index (χ2v) is 6.98. The van der Waals surface area contributed by atoms with Crippen molar-refractivity contribution in [1.29, 1.82) is 0 Å². The number of benzene rings is 2. The number of para-hydroxylation sites is 1. The molecule has 0 aliphatic heterocycles. The van der Waals surface area contributed by atoms with Crippen molar-refractivity contribution in [3.63, 3.8) is 0 Å². The maximum atomic E-state index is 12.1. The normalized spacial score (nSPS) is 11.2. The van der Waals surface area contributed by atoms with Crippen LogP contribution < -0.4 is 4.74 Å². The Labute approximate surface area is 162 Å². The molecule has 0 radical (unpaired) electrons. The maximum absolute atomic E-state index is 12.1. The van der Waals surface area contributed by atoms with E-state index in [0.717, 1.165) is 52.1 Å². The molecule has 1 aromatic heterocycles. The number of rotatable bonds is 9. The van der Waals surface area contributed by atoms with E-state index in [-0.39, 0.29) is 12.5 Å². The van der Waals surface area contributed by atoms with Gasteiger partial charge in [0.1, 0.15) is 12.3 Å². The predicted octanol–water partition coefficient (Wildman–Crippen LogP) is 5.30. The summed E-state index contributed by atoms with van der Waals surface area (Å²) in [7, 11) is 0. The van der Waals surface area contributed by atoms with E-state index in [4.69, 9.17) is 9.47 Å². The predicted molar refractivity (Wildman–Crippen MR) is 109 cm³/mol. The Bertz CT molecular complexity index is 887. The standard InChI is InChI=1S/C21H24BrNO3/c1-2-25-21(24)15-23-19-9-5-4-8-17(19)18-11-10-16(14-20(18)23)26-13-7-3-6-12-22/h4-5,8-11,14H,2-3,6-7,12-13,15H2,1H3. The van der Waals surface area contributed by atoms with Crippen LogP contribution in [-0.4, -0.2) is 29.1 Å². The van der Waals surface area contributed by atoms with Crippen LogP contribution in [0.3, 0.4) is 0 Å². The van der Waals surface area contributed by atoms with Crippen molar-refractivity contribution < 1.29 is 14.3 Å². The average molecular weight is 418 g/mol. The fourth-order valence-electron chi connectivity index (χ4n) is 3.19. The van der Waals surface area contributed by atoms with Crippen molar-refractivity contribution in [1.82, 2.24) is 4.57 Å². The molecule has 5 heteroatoms. The van der Waals surface area contributed by atoms with Gasteiger partial charge in [-0.05, 0) is 44.4 Å². The Morgan fingerprint density at radius 1 is 1.04 bits per heavy atom. The van der Waals surface area contributed by atoms with Gasteiger partial charge in [-0.1, -0.05) is 34.1 Å². The molecular formula is C21H24BrNO3. The highest BCUT2D eigenvalue weighted by atomic mass is 79.9. The molecule has 0 aliphatic carbocycles. The molecule has 1 heterocycles. The third kappa shape index (κ3) is 4.21. The first-order valence-electron chi connectivity index (χ1n) is 9.10. The van der Waals surface area contributed by atoms with Gasteiger partial charge < -0.3 is 14.0 Å². The van der Waals surface area contributed by atoms with Crippen LogP contribution in [0.15, 0.2) is 42.5 Å². The lowest BCUT2D eigenvalue weighted by Gasteiger charge is -2.09. The number of carbonyl (C=O) groups excluding carboxylic acids is 1. The first-order valence-corrected chi connectivity index (χ1v) is 10.2. The second-order valence-electron chi connectivity index (χ2n) is 6.19. The fraction of sp³-hybridized carbons (Fsp3) is 0.381. The van der Waals surface area contributed by atoms with Crippen LogP contribution in [0.25, 0.3) is 21.8 Å². The summed E-state index contributed by atoms with van der Waals surface area (Å²) in [5.41, 5.74) is 2.03. The average Bonchev–Trinajstić information content (AvgIpc) is 2.95. The maximum Gasteiger partial charge on any atom is 0.325 e. The number of nitrogens with zero attached hydrogens (tertiary/aromatic N) is 1. The molecule has 0 aliphatic rings. The summed E-state index contributed by atoms with van der Waals surface area (Å²) in [6.45, 7) is 3.12. The number of hydrogen-bond acceptors (Lipinski definition) is 3. The van der Waals surface area contributed by atoms with E-state index in [1.165, 1.54) is 0 Å². The summed E-state index contributed by atoms with van der Waals surface area (Å²) in [5.74, 6) is 0.612. The summed E-state index contributed by atoms with van der Waals surface area (Å²) in [4.78, 5) is 12.1. The van der Waals surface area contributed by atoms with Crippen molar-refractivity contribution in [2.45, 2.75) is 32.7 Å². The quantitative estimate of drug-likeness (QED) is 0.269. The molecule has 138 valence electrons. The Balaban J connectivity index is 1.90. The molecule has 0 fully saturated rings. The number of alkyl halides is 1. The molecule has 3 aromatic rings. The van der Waals surface area contributed by atoms with Gasteiger partial charge in [0.15, 0.2) is 0 Å². The molecule has 0 saturated carbocycles. The number of carbonyl (C=O) groups is 1. The molecule has 0 saturated heterocycles. The summed E-state index contributed by atoms with van der Waals surface area (Å²) >= 11 is 3.45. The SMILES string of the molecule is CCOC(=O)Cn1c2ccccc2c2ccc(OCCCCCBr)cc21. The first-order chi connectivity index (χ1) is 12.7. The Morgan fingerprint density at radius 3 is 2.65 bits per heavy atom. The highest BCUT2D eigenvalue weighted by Gasteiger charge is 2.14. The number of fused-ring (bicyclic) bond motifs is 3. The smallest absolute Gasteiger partial charge is 0.325 e. The molecule has 0 spiro atoms. The monoisotopic (exact) mass is 417 g/mol. The van der Waals surface area contributed by atoms with Crippen molar-refractivity contribution in [2.75, 3.05) is 18.5 Å². The van der Waals surface area contributed by atoms with Gasteiger partial charge >= 0.3 is 5.97 Å². The summed E-state index contributed by atoms with van der Waals surface area (Å²) < 4.78 is 13.1. The molecule has 0 N–H and O–H groups in total. The molecule has 0 atom stereocenters. The van der Waals surface area contributed by atoms with E-state index < -0.39 is 0 Å². The van der Waals surface area contributed by atoms with Gasteiger partial charge in [-0.3, -0.25) is 4.79 Å². The van der Waals surface area contributed by atoms with E-state index >= 15 is 0 Å². The Hall–Kier alpha value is -2.01. The third-order valence-electron chi connectivity index (χ3n) is 4.38. The molecule has 2 aromatic carbocycles. The largest absolute Gasteiger partial charge is 0.494 e. The molecule has 0 unspecified atom stereocenters. The van der Waals surface area contributed by atoms with Crippen LogP contribution in [0.2, 0.25) is 0 Å². The van der Waals surface area contributed by atoms with E-state index in [2.05, 4.69) is 28.1 Å². The Kier molecular flexibility index (Phi) is 6.56. The van der Waals surface area contributed by atoms with Crippen molar-refractivity contribution in [2.24, 2.45) is 0 Å². The van der Waals surface area contributed by atoms with Crippen LogP contribution in [0.5, 0.6) is 5.75 Å². The molecule has 0 bridgehead atoms. The fourth-order valence-corrected chi connectivity index (χ4v) is 3.58. The minimum Gasteiger partial charge on any atom is -0.494 e. The molecule has 4 nitrogen and oxygen atoms in total. The summed E-state index contributed by atoms with van der Waals surface area (Å²) in [6, 6.07) is 14.2. The third-order valence-corrected chi connectivity index (χ3v) is 4.94. The second kappa shape index (κ2) is 9.08. The van der Waals surface area contributed by atoms with Gasteiger partial charge in [-0.15, -0.1) is 0 Å². The van der Waals surface area contributed by atoms with Crippen LogP contribution in [-0.2, 0) is 16.1 Å². The first kappa shape index (κ1) is 18.8. The zero-order valence-electron chi connectivity index (χ0n) is 15.0. The zero-order chi connectivity index (χ0) is 18.4. The molecule has 3 rings (SSSR count). The van der Waals surface area contributed by atoms with Crippen LogP contribution in [0.4, 0.5) is 0 Å². The van der Waals surface area contributed by atoms with Gasteiger partial charge in [-0.2, -0.15) is 0 Å². The van der Waals surface area contributed by atoms with Crippen molar-refractivity contribution in [3.8, 4) is 5.75 Å². The lowest BCUT2D eigenvalue weighted by molar-refractivity contribution is -0.143. The number of hydrogen-bond donors (Lipinski definition) is 0. The number of ether oxygens (including phenoxy) is 2. The topological polar surface area (TPSA) is 40.5 Å². The molecule has 26 heavy (non-hydrogen) atoms. The van der Waals surface area contributed by atoms with Crippen molar-refractivity contribution >= 4 is 43.7 Å². The highest BCUT2D eigenvalue weighted by Crippen LogP contribution is 2.31. The number of halogens is 1. The number of esters is 1. The molecular weight excluding hydrogens is 394 g/mol. The van der Waals surface area contributed by atoms with Crippen LogP contribution in [0.1, 0.15) is 26.2 Å². The molecule has 0 amide bonds. The van der Waals surface area contributed by atoms with Crippen LogP contribution in [0, 0.1) is 0 Å². The van der Waals surface area contributed by atoms with Gasteiger partial charge in [0, 0.05) is 27.7 Å². The Morgan fingerprint density at radius 2 is 1.85 bits per heavy atom. The van der Waals surface area contributed by atoms with E-state index in [1.807, 2.05) is 41.8 Å². The lowest BCUT2D eigenvalue weighted by atomic mass is 10.1. The minimum absolute atomic E-state index is 0.201. The van der Waals surface area contributed by atoms with Gasteiger partial charge in [-0.25, -0.2) is 0 Å². The van der Waals surface area contributed by atoms with Gasteiger partial charge in [0.25, 0.3) is 0 Å². The van der Waals surface area contributed by atoms with E-state index in [9.17, 15) is 4.79 Å². The number of unbranched alkanes of at least 4 members (excludes halogenated alkanes) is 2. The zero-order valence-corrected chi connectivity index (χ0v) is 16.6. The van der Waals surface area contributed by atoms with Gasteiger partial charge in [0.05, 0.1) is 18.7 Å². The van der Waals surface area contributed by atoms with E-state index in [1.54, 1.807) is 0 Å².